The topological polar surface area (TPSA) is 34.1 Å². The van der Waals surface area contributed by atoms with E-state index in [2.05, 4.69) is 24.1 Å². The molecule has 0 aliphatic heterocycles. The Morgan fingerprint density at radius 1 is 1.25 bits per heavy atom. The normalized spacial score (nSPS) is 11.3. The predicted molar refractivity (Wildman–Crippen MR) is 85.1 cm³/mol. The highest BCUT2D eigenvalue weighted by Crippen LogP contribution is 2.37. The summed E-state index contributed by atoms with van der Waals surface area (Å²) in [4.78, 5) is 4.50. The van der Waals surface area contributed by atoms with Gasteiger partial charge >= 0.3 is 0 Å². The Labute approximate surface area is 129 Å². The van der Waals surface area contributed by atoms with Crippen molar-refractivity contribution in [1.82, 2.24) is 10.3 Å². The number of ether oxygens (including phenoxy) is 1. The predicted octanol–water partition coefficient (Wildman–Crippen LogP) is 4.23. The van der Waals surface area contributed by atoms with E-state index in [4.69, 9.17) is 27.9 Å². The smallest absolute Gasteiger partial charge is 0.164 e. The van der Waals surface area contributed by atoms with Crippen LogP contribution in [0.2, 0.25) is 10.0 Å². The van der Waals surface area contributed by atoms with E-state index in [0.29, 0.717) is 34.0 Å². The Morgan fingerprint density at radius 3 is 2.70 bits per heavy atom. The summed E-state index contributed by atoms with van der Waals surface area (Å²) in [5, 5.41) is 5.23. The number of benzene rings is 1. The fraction of sp³-hybridized carbons (Fsp3) is 0.400. The first-order valence-electron chi connectivity index (χ1n) is 6.60. The molecule has 1 heterocycles. The molecule has 0 aliphatic rings. The monoisotopic (exact) mass is 312 g/mol. The van der Waals surface area contributed by atoms with E-state index in [-0.39, 0.29) is 0 Å². The molecule has 0 atom stereocenters. The van der Waals surface area contributed by atoms with Crippen LogP contribution < -0.4 is 10.1 Å². The molecular weight excluding hydrogens is 295 g/mol. The van der Waals surface area contributed by atoms with Crippen molar-refractivity contribution >= 4 is 34.1 Å². The maximum atomic E-state index is 6.23. The minimum atomic E-state index is 0.427. The van der Waals surface area contributed by atoms with E-state index in [1.165, 1.54) is 0 Å². The molecule has 2 rings (SSSR count). The summed E-state index contributed by atoms with van der Waals surface area (Å²) in [6.07, 6.45) is 0. The van der Waals surface area contributed by atoms with E-state index in [9.17, 15) is 0 Å². The number of nitrogens with one attached hydrogen (secondary N) is 1. The molecule has 108 valence electrons. The summed E-state index contributed by atoms with van der Waals surface area (Å²) >= 11 is 12.4. The third-order valence-corrected chi connectivity index (χ3v) is 3.47. The first-order chi connectivity index (χ1) is 9.49. The molecule has 0 fully saturated rings. The van der Waals surface area contributed by atoms with Crippen LogP contribution in [0, 0.1) is 6.92 Å². The van der Waals surface area contributed by atoms with Gasteiger partial charge in [-0.25, -0.2) is 4.98 Å². The molecule has 0 saturated heterocycles. The molecule has 1 aromatic carbocycles. The van der Waals surface area contributed by atoms with Gasteiger partial charge in [0.2, 0.25) is 0 Å². The zero-order valence-electron chi connectivity index (χ0n) is 11.8. The Morgan fingerprint density at radius 2 is 2.00 bits per heavy atom. The van der Waals surface area contributed by atoms with Crippen molar-refractivity contribution in [3.63, 3.8) is 0 Å². The first kappa shape index (κ1) is 15.4. The average molecular weight is 313 g/mol. The van der Waals surface area contributed by atoms with Crippen molar-refractivity contribution in [3.05, 3.63) is 33.9 Å². The lowest BCUT2D eigenvalue weighted by atomic mass is 10.2. The lowest BCUT2D eigenvalue weighted by Gasteiger charge is -2.13. The zero-order valence-corrected chi connectivity index (χ0v) is 13.3. The standard InChI is InChI=1S/C15H18Cl2N2O/c1-9(2)18-6-7-20-15-13(17)8-12(16)11-5-4-10(3)19-14(11)15/h4-5,8-9,18H,6-7H2,1-3H3. The Balaban J connectivity index is 2.29. The zero-order chi connectivity index (χ0) is 14.7. The minimum Gasteiger partial charge on any atom is -0.488 e. The van der Waals surface area contributed by atoms with Crippen LogP contribution in [0.4, 0.5) is 0 Å². The summed E-state index contributed by atoms with van der Waals surface area (Å²) in [6.45, 7) is 7.40. The fourth-order valence-electron chi connectivity index (χ4n) is 1.93. The summed E-state index contributed by atoms with van der Waals surface area (Å²) in [5.74, 6) is 0.598. The number of rotatable bonds is 5. The van der Waals surface area contributed by atoms with Crippen molar-refractivity contribution < 1.29 is 4.74 Å². The second-order valence-electron chi connectivity index (χ2n) is 4.98. The molecule has 0 radical (unpaired) electrons. The SMILES string of the molecule is Cc1ccc2c(Cl)cc(Cl)c(OCCNC(C)C)c2n1. The second-order valence-corrected chi connectivity index (χ2v) is 5.79. The van der Waals surface area contributed by atoms with Crippen LogP contribution in [-0.2, 0) is 0 Å². The maximum Gasteiger partial charge on any atom is 0.164 e. The molecule has 0 amide bonds. The summed E-state index contributed by atoms with van der Waals surface area (Å²) in [6, 6.07) is 5.99. The van der Waals surface area contributed by atoms with Crippen LogP contribution in [0.15, 0.2) is 18.2 Å². The van der Waals surface area contributed by atoms with Gasteiger partial charge in [-0.05, 0) is 25.1 Å². The second kappa shape index (κ2) is 6.61. The van der Waals surface area contributed by atoms with Gasteiger partial charge in [-0.3, -0.25) is 0 Å². The third-order valence-electron chi connectivity index (χ3n) is 2.88. The average Bonchev–Trinajstić information content (AvgIpc) is 2.36. The molecule has 20 heavy (non-hydrogen) atoms. The quantitative estimate of drug-likeness (QED) is 0.839. The van der Waals surface area contributed by atoms with Gasteiger partial charge in [0.15, 0.2) is 5.75 Å². The molecule has 0 saturated carbocycles. The van der Waals surface area contributed by atoms with Gasteiger partial charge in [0, 0.05) is 23.7 Å². The number of nitrogens with zero attached hydrogens (tertiary/aromatic N) is 1. The van der Waals surface area contributed by atoms with Crippen LogP contribution in [-0.4, -0.2) is 24.2 Å². The minimum absolute atomic E-state index is 0.427. The van der Waals surface area contributed by atoms with Gasteiger partial charge in [-0.15, -0.1) is 0 Å². The Hall–Kier alpha value is -1.03. The fourth-order valence-corrected chi connectivity index (χ4v) is 2.50. The number of hydrogen-bond donors (Lipinski definition) is 1. The highest BCUT2D eigenvalue weighted by molar-refractivity contribution is 6.39. The van der Waals surface area contributed by atoms with Crippen molar-refractivity contribution in [3.8, 4) is 5.75 Å². The molecule has 0 spiro atoms. The Bertz CT molecular complexity index is 614. The largest absolute Gasteiger partial charge is 0.488 e. The highest BCUT2D eigenvalue weighted by atomic mass is 35.5. The van der Waals surface area contributed by atoms with E-state index in [0.717, 1.165) is 17.6 Å². The molecular formula is C15H18Cl2N2O. The highest BCUT2D eigenvalue weighted by Gasteiger charge is 2.13. The van der Waals surface area contributed by atoms with Crippen molar-refractivity contribution in [2.24, 2.45) is 0 Å². The molecule has 1 N–H and O–H groups in total. The van der Waals surface area contributed by atoms with Gasteiger partial charge in [-0.2, -0.15) is 0 Å². The third kappa shape index (κ3) is 3.54. The van der Waals surface area contributed by atoms with Gasteiger partial charge in [0.05, 0.1) is 10.0 Å². The van der Waals surface area contributed by atoms with Crippen molar-refractivity contribution in [2.45, 2.75) is 26.8 Å². The lowest BCUT2D eigenvalue weighted by Crippen LogP contribution is -2.27. The van der Waals surface area contributed by atoms with Crippen molar-refractivity contribution in [1.29, 1.82) is 0 Å². The molecule has 1 aromatic heterocycles. The maximum absolute atomic E-state index is 6.23. The van der Waals surface area contributed by atoms with Crippen LogP contribution in [0.5, 0.6) is 5.75 Å². The van der Waals surface area contributed by atoms with Gasteiger partial charge in [0.25, 0.3) is 0 Å². The van der Waals surface area contributed by atoms with Crippen LogP contribution in [0.3, 0.4) is 0 Å². The lowest BCUT2D eigenvalue weighted by molar-refractivity contribution is 0.312. The first-order valence-corrected chi connectivity index (χ1v) is 7.36. The van der Waals surface area contributed by atoms with Crippen LogP contribution in [0.1, 0.15) is 19.5 Å². The molecule has 3 nitrogen and oxygen atoms in total. The molecule has 5 heteroatoms. The number of pyridine rings is 1. The van der Waals surface area contributed by atoms with E-state index in [1.807, 2.05) is 19.1 Å². The van der Waals surface area contributed by atoms with E-state index < -0.39 is 0 Å². The molecule has 2 aromatic rings. The van der Waals surface area contributed by atoms with Gasteiger partial charge in [0.1, 0.15) is 12.1 Å². The van der Waals surface area contributed by atoms with E-state index in [1.54, 1.807) is 6.07 Å². The number of fused-ring (bicyclic) bond motifs is 1. The van der Waals surface area contributed by atoms with Gasteiger partial charge < -0.3 is 10.1 Å². The summed E-state index contributed by atoms with van der Waals surface area (Å²) in [5.41, 5.74) is 1.62. The summed E-state index contributed by atoms with van der Waals surface area (Å²) in [7, 11) is 0. The summed E-state index contributed by atoms with van der Waals surface area (Å²) < 4.78 is 5.79. The van der Waals surface area contributed by atoms with E-state index >= 15 is 0 Å². The number of aryl methyl sites for hydroxylation is 1. The van der Waals surface area contributed by atoms with Crippen molar-refractivity contribution in [2.75, 3.05) is 13.2 Å². The van der Waals surface area contributed by atoms with Crippen LogP contribution >= 0.6 is 23.2 Å². The molecule has 0 aliphatic carbocycles. The van der Waals surface area contributed by atoms with Gasteiger partial charge in [-0.1, -0.05) is 37.0 Å². The molecule has 0 bridgehead atoms. The number of hydrogen-bond acceptors (Lipinski definition) is 3. The number of halogens is 2. The Kier molecular flexibility index (Phi) is 5.08. The van der Waals surface area contributed by atoms with Crippen LogP contribution in [0.25, 0.3) is 10.9 Å². The number of aromatic nitrogens is 1. The molecule has 0 unspecified atom stereocenters.